The largest absolute Gasteiger partial charge is 0.354 e. The molecule has 0 saturated carbocycles. The van der Waals surface area contributed by atoms with Crippen molar-refractivity contribution >= 4 is 23.5 Å². The van der Waals surface area contributed by atoms with E-state index in [1.165, 1.54) is 0 Å². The van der Waals surface area contributed by atoms with Crippen molar-refractivity contribution in [2.45, 2.75) is 34.6 Å². The fraction of sp³-hybridized carbons (Fsp3) is 0.750. The van der Waals surface area contributed by atoms with Gasteiger partial charge in [0.1, 0.15) is 0 Å². The van der Waals surface area contributed by atoms with Crippen molar-refractivity contribution < 1.29 is 0 Å². The van der Waals surface area contributed by atoms with Gasteiger partial charge in [0.05, 0.1) is 0 Å². The van der Waals surface area contributed by atoms with E-state index in [-0.39, 0.29) is 10.7 Å². The van der Waals surface area contributed by atoms with Crippen molar-refractivity contribution in [3.8, 4) is 0 Å². The van der Waals surface area contributed by atoms with E-state index in [1.54, 1.807) is 0 Å². The molecule has 0 fully saturated rings. The van der Waals surface area contributed by atoms with E-state index in [4.69, 9.17) is 11.6 Å². The molecule has 1 rings (SSSR count). The number of hydrogen-bond donors (Lipinski definition) is 2. The van der Waals surface area contributed by atoms with Crippen LogP contribution in [0.15, 0.2) is 0 Å². The highest BCUT2D eigenvalue weighted by Gasteiger charge is 2.22. The molecule has 0 bridgehead atoms. The van der Waals surface area contributed by atoms with Gasteiger partial charge in [0.15, 0.2) is 0 Å². The Kier molecular flexibility index (Phi) is 5.14. The van der Waals surface area contributed by atoms with Gasteiger partial charge in [0, 0.05) is 13.1 Å². The van der Waals surface area contributed by atoms with Gasteiger partial charge < -0.3 is 10.6 Å². The molecule has 0 saturated heterocycles. The van der Waals surface area contributed by atoms with Crippen LogP contribution in [0.5, 0.6) is 0 Å². The van der Waals surface area contributed by atoms with E-state index in [0.29, 0.717) is 17.8 Å². The molecule has 0 aliphatic rings. The fourth-order valence-electron chi connectivity index (χ4n) is 1.18. The summed E-state index contributed by atoms with van der Waals surface area (Å²) in [4.78, 5) is 12.3. The summed E-state index contributed by atoms with van der Waals surface area (Å²) in [6.07, 6.45) is 0. The van der Waals surface area contributed by atoms with Crippen LogP contribution in [-0.4, -0.2) is 28.0 Å². The number of hydrogen-bond acceptors (Lipinski definition) is 5. The Labute approximate surface area is 114 Å². The number of aromatic nitrogens is 3. The first-order chi connectivity index (χ1) is 8.35. The van der Waals surface area contributed by atoms with E-state index < -0.39 is 0 Å². The first-order valence-electron chi connectivity index (χ1n) is 6.24. The highest BCUT2D eigenvalue weighted by molar-refractivity contribution is 6.28. The van der Waals surface area contributed by atoms with Gasteiger partial charge in [0.2, 0.25) is 17.2 Å². The molecule has 0 aromatic carbocycles. The summed E-state index contributed by atoms with van der Waals surface area (Å²) in [5, 5.41) is 6.44. The molecule has 1 aromatic heterocycles. The summed E-state index contributed by atoms with van der Waals surface area (Å²) in [6.45, 7) is 12.3. The lowest BCUT2D eigenvalue weighted by molar-refractivity contribution is 0.269. The van der Waals surface area contributed by atoms with E-state index in [9.17, 15) is 0 Å². The Balaban J connectivity index is 2.73. The Hall–Kier alpha value is -1.10. The van der Waals surface area contributed by atoms with Gasteiger partial charge in [-0.15, -0.1) is 0 Å². The lowest BCUT2D eigenvalue weighted by Crippen LogP contribution is -2.29. The molecule has 6 heteroatoms. The van der Waals surface area contributed by atoms with Gasteiger partial charge in [-0.3, -0.25) is 0 Å². The van der Waals surface area contributed by atoms with Crippen LogP contribution in [0, 0.1) is 11.3 Å². The minimum absolute atomic E-state index is 0.164. The minimum atomic E-state index is 0.164. The second kappa shape index (κ2) is 6.18. The zero-order valence-electron chi connectivity index (χ0n) is 11.7. The van der Waals surface area contributed by atoms with E-state index in [0.717, 1.165) is 13.1 Å². The van der Waals surface area contributed by atoms with Crippen LogP contribution in [0.1, 0.15) is 34.6 Å². The Bertz CT molecular complexity index is 392. The van der Waals surface area contributed by atoms with Gasteiger partial charge >= 0.3 is 0 Å². The monoisotopic (exact) mass is 271 g/mol. The molecule has 5 nitrogen and oxygen atoms in total. The first-order valence-corrected chi connectivity index (χ1v) is 6.62. The molecule has 0 spiro atoms. The molecule has 0 amide bonds. The van der Waals surface area contributed by atoms with Crippen LogP contribution in [0.2, 0.25) is 5.28 Å². The summed E-state index contributed by atoms with van der Waals surface area (Å²) in [6, 6.07) is 0. The molecule has 0 atom stereocenters. The molecule has 0 radical (unpaired) electrons. The Morgan fingerprint density at radius 2 is 1.67 bits per heavy atom. The normalized spacial score (nSPS) is 11.7. The van der Waals surface area contributed by atoms with Gasteiger partial charge in [0.25, 0.3) is 0 Å². The maximum absolute atomic E-state index is 5.86. The molecule has 18 heavy (non-hydrogen) atoms. The average Bonchev–Trinajstić information content (AvgIpc) is 2.26. The predicted molar refractivity (Wildman–Crippen MR) is 76.1 cm³/mol. The molecule has 1 aromatic rings. The number of nitrogens with zero attached hydrogens (tertiary/aromatic N) is 3. The Morgan fingerprint density at radius 3 is 2.17 bits per heavy atom. The highest BCUT2D eigenvalue weighted by atomic mass is 35.5. The number of halogens is 1. The summed E-state index contributed by atoms with van der Waals surface area (Å²) >= 11 is 5.86. The third-order valence-electron chi connectivity index (χ3n) is 3.21. The predicted octanol–water partition coefficient (Wildman–Crippen LogP) is 3.05. The maximum atomic E-state index is 5.86. The van der Waals surface area contributed by atoms with Gasteiger partial charge in [-0.1, -0.05) is 27.7 Å². The third-order valence-corrected chi connectivity index (χ3v) is 3.38. The van der Waals surface area contributed by atoms with Gasteiger partial charge in [-0.2, -0.15) is 15.0 Å². The van der Waals surface area contributed by atoms with Crippen LogP contribution in [0.4, 0.5) is 11.9 Å². The molecule has 0 aliphatic carbocycles. The van der Waals surface area contributed by atoms with Crippen molar-refractivity contribution in [3.05, 3.63) is 5.28 Å². The number of anilines is 2. The van der Waals surface area contributed by atoms with Crippen molar-refractivity contribution in [1.29, 1.82) is 0 Å². The molecule has 102 valence electrons. The summed E-state index contributed by atoms with van der Waals surface area (Å²) in [5.41, 5.74) is 0.164. The van der Waals surface area contributed by atoms with Crippen LogP contribution >= 0.6 is 11.6 Å². The highest BCUT2D eigenvalue weighted by Crippen LogP contribution is 2.26. The molecule has 2 N–H and O–H groups in total. The quantitative estimate of drug-likeness (QED) is 0.833. The van der Waals surface area contributed by atoms with Crippen molar-refractivity contribution in [2.75, 3.05) is 23.7 Å². The van der Waals surface area contributed by atoms with Crippen LogP contribution in [0.25, 0.3) is 0 Å². The molecule has 1 heterocycles. The standard InChI is InChI=1S/C12H22ClN5/c1-6-14-10-16-9(13)17-11(18-10)15-7-12(4,5)8(2)3/h8H,6-7H2,1-5H3,(H2,14,15,16,17,18). The van der Waals surface area contributed by atoms with Crippen molar-refractivity contribution in [1.82, 2.24) is 15.0 Å². The Morgan fingerprint density at radius 1 is 1.11 bits per heavy atom. The number of nitrogens with one attached hydrogen (secondary N) is 2. The second-order valence-electron chi connectivity index (χ2n) is 5.28. The van der Waals surface area contributed by atoms with Crippen LogP contribution in [0.3, 0.4) is 0 Å². The van der Waals surface area contributed by atoms with Crippen molar-refractivity contribution in [2.24, 2.45) is 11.3 Å². The maximum Gasteiger partial charge on any atom is 0.228 e. The van der Waals surface area contributed by atoms with E-state index in [1.807, 2.05) is 6.92 Å². The van der Waals surface area contributed by atoms with Crippen LogP contribution < -0.4 is 10.6 Å². The smallest absolute Gasteiger partial charge is 0.228 e. The summed E-state index contributed by atoms with van der Waals surface area (Å²) < 4.78 is 0. The minimum Gasteiger partial charge on any atom is -0.354 e. The zero-order valence-corrected chi connectivity index (χ0v) is 12.5. The zero-order chi connectivity index (χ0) is 13.8. The third kappa shape index (κ3) is 4.29. The topological polar surface area (TPSA) is 62.7 Å². The fourth-order valence-corrected chi connectivity index (χ4v) is 1.34. The van der Waals surface area contributed by atoms with Crippen LogP contribution in [-0.2, 0) is 0 Å². The first kappa shape index (κ1) is 15.0. The van der Waals surface area contributed by atoms with Gasteiger partial charge in [-0.25, -0.2) is 0 Å². The summed E-state index contributed by atoms with van der Waals surface area (Å²) in [7, 11) is 0. The lowest BCUT2D eigenvalue weighted by atomic mass is 9.81. The number of rotatable bonds is 6. The lowest BCUT2D eigenvalue weighted by Gasteiger charge is -2.29. The molecule has 0 unspecified atom stereocenters. The second-order valence-corrected chi connectivity index (χ2v) is 5.62. The molecular formula is C12H22ClN5. The average molecular weight is 272 g/mol. The van der Waals surface area contributed by atoms with Crippen molar-refractivity contribution in [3.63, 3.8) is 0 Å². The van der Waals surface area contributed by atoms with Gasteiger partial charge in [-0.05, 0) is 29.9 Å². The SMILES string of the molecule is CCNc1nc(Cl)nc(NCC(C)(C)C(C)C)n1. The van der Waals surface area contributed by atoms with E-state index >= 15 is 0 Å². The van der Waals surface area contributed by atoms with E-state index in [2.05, 4.69) is 53.3 Å². The molecular weight excluding hydrogens is 250 g/mol. The summed E-state index contributed by atoms with van der Waals surface area (Å²) in [5.74, 6) is 1.58. The molecule has 0 aliphatic heterocycles.